The van der Waals surface area contributed by atoms with Gasteiger partial charge in [-0.15, -0.1) is 13.2 Å². The van der Waals surface area contributed by atoms with Crippen LogP contribution in [0.5, 0.6) is 0 Å². The van der Waals surface area contributed by atoms with Gasteiger partial charge in [-0.1, -0.05) is 39.8 Å². The molecule has 0 fully saturated rings. The summed E-state index contributed by atoms with van der Waals surface area (Å²) in [6.07, 6.45) is 2.65. The summed E-state index contributed by atoms with van der Waals surface area (Å²) in [5.74, 6) is 0. The van der Waals surface area contributed by atoms with Crippen molar-refractivity contribution < 1.29 is 29.1 Å². The first kappa shape index (κ1) is 21.6. The highest BCUT2D eigenvalue weighted by Crippen LogP contribution is 2.25. The molecule has 0 aliphatic heterocycles. The maximum atomic E-state index is 11.1. The molecule has 6 nitrogen and oxygen atoms in total. The third kappa shape index (κ3) is 9.38. The molecular formula is C17H30O6. The summed E-state index contributed by atoms with van der Waals surface area (Å²) in [6.45, 7) is 16.9. The Balaban J connectivity index is 4.07. The largest absolute Gasteiger partial charge is 0.540 e. The van der Waals surface area contributed by atoms with Crippen molar-refractivity contribution in [2.45, 2.75) is 40.2 Å². The van der Waals surface area contributed by atoms with E-state index in [1.165, 1.54) is 0 Å². The van der Waals surface area contributed by atoms with E-state index < -0.39 is 17.7 Å². The molecule has 0 aliphatic rings. The second kappa shape index (κ2) is 10.4. The quantitative estimate of drug-likeness (QED) is 0.193. The lowest BCUT2D eigenvalue weighted by molar-refractivity contribution is -0.211. The fourth-order valence-electron chi connectivity index (χ4n) is 1.52. The Hall–Kier alpha value is -1.37. The van der Waals surface area contributed by atoms with Crippen LogP contribution in [0.25, 0.3) is 0 Å². The van der Waals surface area contributed by atoms with Gasteiger partial charge in [-0.25, -0.2) is 4.79 Å². The Morgan fingerprint density at radius 2 is 1.70 bits per heavy atom. The van der Waals surface area contributed by atoms with Crippen LogP contribution in [0.15, 0.2) is 25.3 Å². The van der Waals surface area contributed by atoms with Crippen molar-refractivity contribution in [3.8, 4) is 0 Å². The Bertz CT molecular complexity index is 375. The fraction of sp³-hybridized carbons (Fsp3) is 0.706. The van der Waals surface area contributed by atoms with E-state index in [0.717, 1.165) is 6.42 Å². The molecule has 23 heavy (non-hydrogen) atoms. The first-order chi connectivity index (χ1) is 10.7. The molecule has 0 radical (unpaired) electrons. The number of allylic oxidation sites excluding steroid dienone is 1. The predicted octanol–water partition coefficient (Wildman–Crippen LogP) is 3.83. The molecule has 0 spiro atoms. The highest BCUT2D eigenvalue weighted by Gasteiger charge is 2.31. The number of rotatable bonds is 12. The third-order valence-corrected chi connectivity index (χ3v) is 3.75. The van der Waals surface area contributed by atoms with Crippen LogP contribution in [-0.4, -0.2) is 43.9 Å². The van der Waals surface area contributed by atoms with Gasteiger partial charge < -0.3 is 14.2 Å². The average molecular weight is 330 g/mol. The van der Waals surface area contributed by atoms with Gasteiger partial charge in [-0.3, -0.25) is 4.89 Å². The SMILES string of the molecule is C=CC(C)(C)CCOCCOCC(OC(=O)OO)C(C)(C)C=C. The van der Waals surface area contributed by atoms with Crippen molar-refractivity contribution in [1.29, 1.82) is 0 Å². The Morgan fingerprint density at radius 3 is 2.22 bits per heavy atom. The molecule has 1 atom stereocenters. The van der Waals surface area contributed by atoms with Gasteiger partial charge >= 0.3 is 6.16 Å². The molecule has 1 N–H and O–H groups in total. The molecule has 0 heterocycles. The van der Waals surface area contributed by atoms with Crippen LogP contribution in [0.1, 0.15) is 34.1 Å². The van der Waals surface area contributed by atoms with Crippen molar-refractivity contribution in [1.82, 2.24) is 0 Å². The summed E-state index contributed by atoms with van der Waals surface area (Å²) in [4.78, 5) is 14.6. The van der Waals surface area contributed by atoms with Crippen LogP contribution in [0.4, 0.5) is 4.79 Å². The first-order valence-electron chi connectivity index (χ1n) is 7.63. The molecule has 0 saturated carbocycles. The van der Waals surface area contributed by atoms with Gasteiger partial charge in [0.25, 0.3) is 0 Å². The summed E-state index contributed by atoms with van der Waals surface area (Å²) in [5.41, 5.74) is -0.471. The van der Waals surface area contributed by atoms with Gasteiger partial charge in [-0.05, 0) is 11.8 Å². The molecule has 0 aromatic heterocycles. The van der Waals surface area contributed by atoms with Gasteiger partial charge in [0, 0.05) is 12.0 Å². The van der Waals surface area contributed by atoms with E-state index in [-0.39, 0.29) is 12.0 Å². The Kier molecular flexibility index (Phi) is 9.79. The molecule has 0 aromatic carbocycles. The minimum Gasteiger partial charge on any atom is -0.426 e. The smallest absolute Gasteiger partial charge is 0.426 e. The zero-order chi connectivity index (χ0) is 17.9. The summed E-state index contributed by atoms with van der Waals surface area (Å²) >= 11 is 0. The van der Waals surface area contributed by atoms with Crippen LogP contribution in [-0.2, 0) is 19.1 Å². The number of hydrogen-bond acceptors (Lipinski definition) is 6. The van der Waals surface area contributed by atoms with E-state index in [1.807, 2.05) is 19.9 Å². The Labute approximate surface area is 139 Å². The van der Waals surface area contributed by atoms with Gasteiger partial charge in [0.2, 0.25) is 0 Å². The van der Waals surface area contributed by atoms with E-state index in [0.29, 0.717) is 19.8 Å². The number of carbonyl (C=O) groups is 1. The van der Waals surface area contributed by atoms with Crippen molar-refractivity contribution in [3.63, 3.8) is 0 Å². The highest BCUT2D eigenvalue weighted by molar-refractivity contribution is 5.59. The average Bonchev–Trinajstić information content (AvgIpc) is 2.52. The van der Waals surface area contributed by atoms with Gasteiger partial charge in [-0.2, -0.15) is 5.26 Å². The number of carbonyl (C=O) groups excluding carboxylic acids is 1. The molecule has 0 saturated heterocycles. The highest BCUT2D eigenvalue weighted by atomic mass is 17.1. The molecule has 6 heteroatoms. The standard InChI is InChI=1S/C17H30O6/c1-7-16(3,4)9-10-20-11-12-21-13-14(17(5,6)8-2)22-15(18)23-19/h7-8,14,19H,1-2,9-13H2,3-6H3. The van der Waals surface area contributed by atoms with Crippen molar-refractivity contribution in [2.75, 3.05) is 26.4 Å². The van der Waals surface area contributed by atoms with Gasteiger partial charge in [0.15, 0.2) is 0 Å². The lowest BCUT2D eigenvalue weighted by Crippen LogP contribution is -2.36. The van der Waals surface area contributed by atoms with Crippen LogP contribution < -0.4 is 0 Å². The maximum absolute atomic E-state index is 11.1. The second-order valence-electron chi connectivity index (χ2n) is 6.60. The molecule has 0 rings (SSSR count). The Morgan fingerprint density at radius 1 is 1.09 bits per heavy atom. The lowest BCUT2D eigenvalue weighted by Gasteiger charge is -2.29. The molecule has 0 amide bonds. The van der Waals surface area contributed by atoms with E-state index in [4.69, 9.17) is 19.5 Å². The van der Waals surface area contributed by atoms with Gasteiger partial charge in [0.05, 0.1) is 19.8 Å². The van der Waals surface area contributed by atoms with E-state index in [9.17, 15) is 4.79 Å². The predicted molar refractivity (Wildman–Crippen MR) is 88.2 cm³/mol. The summed E-state index contributed by atoms with van der Waals surface area (Å²) in [6, 6.07) is 0. The molecule has 0 aromatic rings. The van der Waals surface area contributed by atoms with Crippen LogP contribution in [0, 0.1) is 10.8 Å². The molecular weight excluding hydrogens is 300 g/mol. The summed E-state index contributed by atoms with van der Waals surface area (Å²) in [5, 5.41) is 8.31. The molecule has 0 bridgehead atoms. The summed E-state index contributed by atoms with van der Waals surface area (Å²) < 4.78 is 16.0. The van der Waals surface area contributed by atoms with E-state index >= 15 is 0 Å². The van der Waals surface area contributed by atoms with Crippen molar-refractivity contribution >= 4 is 6.16 Å². The van der Waals surface area contributed by atoms with Gasteiger partial charge in [0.1, 0.15) is 6.10 Å². The second-order valence-corrected chi connectivity index (χ2v) is 6.60. The topological polar surface area (TPSA) is 74.2 Å². The van der Waals surface area contributed by atoms with Crippen LogP contribution >= 0.6 is 0 Å². The first-order valence-corrected chi connectivity index (χ1v) is 7.63. The number of ether oxygens (including phenoxy) is 3. The number of hydrogen-bond donors (Lipinski definition) is 1. The monoisotopic (exact) mass is 330 g/mol. The third-order valence-electron chi connectivity index (χ3n) is 3.75. The zero-order valence-corrected chi connectivity index (χ0v) is 14.7. The van der Waals surface area contributed by atoms with E-state index in [2.05, 4.69) is 31.9 Å². The lowest BCUT2D eigenvalue weighted by atomic mass is 9.87. The van der Waals surface area contributed by atoms with Crippen LogP contribution in [0.3, 0.4) is 0 Å². The van der Waals surface area contributed by atoms with E-state index in [1.54, 1.807) is 6.08 Å². The molecule has 134 valence electrons. The molecule has 1 unspecified atom stereocenters. The van der Waals surface area contributed by atoms with Crippen molar-refractivity contribution in [2.24, 2.45) is 10.8 Å². The van der Waals surface area contributed by atoms with Crippen LogP contribution in [0.2, 0.25) is 0 Å². The maximum Gasteiger partial charge on any atom is 0.540 e. The summed E-state index contributed by atoms with van der Waals surface area (Å²) in [7, 11) is 0. The molecule has 0 aliphatic carbocycles. The normalized spacial score (nSPS) is 13.3. The zero-order valence-electron chi connectivity index (χ0n) is 14.7. The fourth-order valence-corrected chi connectivity index (χ4v) is 1.52. The minimum atomic E-state index is -1.17. The minimum absolute atomic E-state index is 0.0540. The van der Waals surface area contributed by atoms with Crippen molar-refractivity contribution in [3.05, 3.63) is 25.3 Å².